The van der Waals surface area contributed by atoms with Gasteiger partial charge < -0.3 is 14.8 Å². The smallest absolute Gasteiger partial charge is 0.252 e. The minimum absolute atomic E-state index is 0.149. The third-order valence-electron chi connectivity index (χ3n) is 3.54. The van der Waals surface area contributed by atoms with Gasteiger partial charge in [-0.25, -0.2) is 0 Å². The van der Waals surface area contributed by atoms with Crippen LogP contribution in [0.1, 0.15) is 35.7 Å². The molecule has 0 aliphatic carbocycles. The second-order valence-corrected chi connectivity index (χ2v) is 5.44. The molecule has 2 rings (SSSR count). The SMILES string of the molecule is CCCCOc1ccc(C(=O)NCC#Cc2ccc(OC)cc2)cc1. The van der Waals surface area contributed by atoms with E-state index in [1.807, 2.05) is 36.4 Å². The second kappa shape index (κ2) is 10.0. The lowest BCUT2D eigenvalue weighted by Crippen LogP contribution is -2.23. The van der Waals surface area contributed by atoms with E-state index in [-0.39, 0.29) is 5.91 Å². The van der Waals surface area contributed by atoms with Crippen LogP contribution >= 0.6 is 0 Å². The van der Waals surface area contributed by atoms with Crippen molar-refractivity contribution >= 4 is 5.91 Å². The Morgan fingerprint density at radius 3 is 2.36 bits per heavy atom. The van der Waals surface area contributed by atoms with E-state index in [1.54, 1.807) is 19.2 Å². The Morgan fingerprint density at radius 1 is 1.04 bits per heavy atom. The third kappa shape index (κ3) is 6.23. The number of ether oxygens (including phenoxy) is 2. The molecule has 4 nitrogen and oxygen atoms in total. The number of amides is 1. The van der Waals surface area contributed by atoms with Gasteiger partial charge >= 0.3 is 0 Å². The van der Waals surface area contributed by atoms with Gasteiger partial charge in [-0.15, -0.1) is 0 Å². The van der Waals surface area contributed by atoms with Crippen LogP contribution in [0.2, 0.25) is 0 Å². The summed E-state index contributed by atoms with van der Waals surface area (Å²) < 4.78 is 10.7. The molecule has 0 aromatic heterocycles. The molecule has 0 fully saturated rings. The zero-order chi connectivity index (χ0) is 17.9. The summed E-state index contributed by atoms with van der Waals surface area (Å²) in [5.41, 5.74) is 1.47. The first kappa shape index (κ1) is 18.4. The second-order valence-electron chi connectivity index (χ2n) is 5.44. The minimum Gasteiger partial charge on any atom is -0.497 e. The molecular formula is C21H23NO3. The van der Waals surface area contributed by atoms with Crippen molar-refractivity contribution in [2.75, 3.05) is 20.3 Å². The van der Waals surface area contributed by atoms with Crippen molar-refractivity contribution in [2.24, 2.45) is 0 Å². The quantitative estimate of drug-likeness (QED) is 0.620. The van der Waals surface area contributed by atoms with Gasteiger partial charge in [0.25, 0.3) is 5.91 Å². The molecule has 0 spiro atoms. The fourth-order valence-corrected chi connectivity index (χ4v) is 2.08. The van der Waals surface area contributed by atoms with Crippen LogP contribution in [0, 0.1) is 11.8 Å². The van der Waals surface area contributed by atoms with Gasteiger partial charge in [-0.05, 0) is 55.0 Å². The number of rotatable bonds is 7. The molecular weight excluding hydrogens is 314 g/mol. The summed E-state index contributed by atoms with van der Waals surface area (Å²) in [7, 11) is 1.63. The van der Waals surface area contributed by atoms with Crippen LogP contribution in [-0.4, -0.2) is 26.2 Å². The van der Waals surface area contributed by atoms with E-state index in [4.69, 9.17) is 9.47 Å². The number of hydrogen-bond donors (Lipinski definition) is 1. The van der Waals surface area contributed by atoms with Crippen molar-refractivity contribution in [1.82, 2.24) is 5.32 Å². The van der Waals surface area contributed by atoms with Crippen LogP contribution in [0.3, 0.4) is 0 Å². The van der Waals surface area contributed by atoms with Crippen LogP contribution in [0.15, 0.2) is 48.5 Å². The summed E-state index contributed by atoms with van der Waals surface area (Å²) in [6.07, 6.45) is 2.12. The molecule has 0 saturated heterocycles. The highest BCUT2D eigenvalue weighted by Crippen LogP contribution is 2.13. The molecule has 0 saturated carbocycles. The topological polar surface area (TPSA) is 47.6 Å². The van der Waals surface area contributed by atoms with Crippen LogP contribution in [0.25, 0.3) is 0 Å². The monoisotopic (exact) mass is 337 g/mol. The van der Waals surface area contributed by atoms with Crippen LogP contribution in [-0.2, 0) is 0 Å². The number of hydrogen-bond acceptors (Lipinski definition) is 3. The van der Waals surface area contributed by atoms with Gasteiger partial charge in [-0.1, -0.05) is 25.2 Å². The Kier molecular flexibility index (Phi) is 7.40. The first-order valence-electron chi connectivity index (χ1n) is 8.37. The average molecular weight is 337 g/mol. The van der Waals surface area contributed by atoms with Gasteiger partial charge in [-0.3, -0.25) is 4.79 Å². The molecule has 1 N–H and O–H groups in total. The lowest BCUT2D eigenvalue weighted by atomic mass is 10.2. The molecule has 0 heterocycles. The fraction of sp³-hybridized carbons (Fsp3) is 0.286. The van der Waals surface area contributed by atoms with E-state index in [9.17, 15) is 4.79 Å². The zero-order valence-corrected chi connectivity index (χ0v) is 14.7. The van der Waals surface area contributed by atoms with Crippen LogP contribution < -0.4 is 14.8 Å². The summed E-state index contributed by atoms with van der Waals surface area (Å²) in [4.78, 5) is 12.1. The molecule has 0 aliphatic heterocycles. The Bertz CT molecular complexity index is 724. The Labute approximate surface area is 149 Å². The Hall–Kier alpha value is -2.93. The molecule has 0 atom stereocenters. The van der Waals surface area contributed by atoms with Crippen molar-refractivity contribution in [3.63, 3.8) is 0 Å². The molecule has 0 unspecified atom stereocenters. The van der Waals surface area contributed by atoms with E-state index < -0.39 is 0 Å². The standard InChI is InChI=1S/C21H23NO3/c1-3-4-16-25-20-13-9-18(10-14-20)21(23)22-15-5-6-17-7-11-19(24-2)12-8-17/h7-14H,3-4,15-16H2,1-2H3,(H,22,23). The van der Waals surface area contributed by atoms with Gasteiger partial charge in [0.05, 0.1) is 20.3 Å². The predicted octanol–water partition coefficient (Wildman–Crippen LogP) is 3.66. The molecule has 130 valence electrons. The van der Waals surface area contributed by atoms with E-state index in [1.165, 1.54) is 0 Å². The largest absolute Gasteiger partial charge is 0.497 e. The zero-order valence-electron chi connectivity index (χ0n) is 14.7. The maximum Gasteiger partial charge on any atom is 0.252 e. The number of carbonyl (C=O) groups is 1. The van der Waals surface area contributed by atoms with Gasteiger partial charge in [0.1, 0.15) is 11.5 Å². The molecule has 2 aromatic carbocycles. The highest BCUT2D eigenvalue weighted by molar-refractivity contribution is 5.94. The van der Waals surface area contributed by atoms with E-state index in [0.29, 0.717) is 18.7 Å². The molecule has 25 heavy (non-hydrogen) atoms. The lowest BCUT2D eigenvalue weighted by Gasteiger charge is -2.06. The fourth-order valence-electron chi connectivity index (χ4n) is 2.08. The molecule has 1 amide bonds. The highest BCUT2D eigenvalue weighted by Gasteiger charge is 2.04. The molecule has 0 radical (unpaired) electrons. The maximum absolute atomic E-state index is 12.1. The molecule has 4 heteroatoms. The Morgan fingerprint density at radius 2 is 1.72 bits per heavy atom. The van der Waals surface area contributed by atoms with E-state index >= 15 is 0 Å². The van der Waals surface area contributed by atoms with Crippen LogP contribution in [0.5, 0.6) is 11.5 Å². The van der Waals surface area contributed by atoms with Crippen molar-refractivity contribution < 1.29 is 14.3 Å². The minimum atomic E-state index is -0.149. The number of carbonyl (C=O) groups excluding carboxylic acids is 1. The van der Waals surface area contributed by atoms with Crippen molar-refractivity contribution in [1.29, 1.82) is 0 Å². The number of unbranched alkanes of at least 4 members (excludes halogenated alkanes) is 1. The first-order valence-corrected chi connectivity index (χ1v) is 8.37. The number of nitrogens with one attached hydrogen (secondary N) is 1. The van der Waals surface area contributed by atoms with Crippen molar-refractivity contribution in [3.05, 3.63) is 59.7 Å². The van der Waals surface area contributed by atoms with Gasteiger partial charge in [0.2, 0.25) is 0 Å². The summed E-state index contributed by atoms with van der Waals surface area (Å²) in [6, 6.07) is 14.6. The predicted molar refractivity (Wildman–Crippen MR) is 99.1 cm³/mol. The highest BCUT2D eigenvalue weighted by atomic mass is 16.5. The van der Waals surface area contributed by atoms with Crippen molar-refractivity contribution in [2.45, 2.75) is 19.8 Å². The maximum atomic E-state index is 12.1. The van der Waals surface area contributed by atoms with Gasteiger partial charge in [0.15, 0.2) is 0 Å². The lowest BCUT2D eigenvalue weighted by molar-refractivity contribution is 0.0958. The van der Waals surface area contributed by atoms with E-state index in [2.05, 4.69) is 24.1 Å². The molecule has 2 aromatic rings. The first-order chi connectivity index (χ1) is 12.2. The summed E-state index contributed by atoms with van der Waals surface area (Å²) >= 11 is 0. The Balaban J connectivity index is 1.80. The van der Waals surface area contributed by atoms with Gasteiger partial charge in [0, 0.05) is 11.1 Å². The molecule has 0 bridgehead atoms. The van der Waals surface area contributed by atoms with E-state index in [0.717, 1.165) is 29.9 Å². The van der Waals surface area contributed by atoms with Crippen molar-refractivity contribution in [3.8, 4) is 23.3 Å². The normalized spacial score (nSPS) is 9.68. The number of methoxy groups -OCH3 is 1. The summed E-state index contributed by atoms with van der Waals surface area (Å²) in [5.74, 6) is 7.36. The summed E-state index contributed by atoms with van der Waals surface area (Å²) in [6.45, 7) is 3.11. The summed E-state index contributed by atoms with van der Waals surface area (Å²) in [5, 5.41) is 2.79. The average Bonchev–Trinajstić information content (AvgIpc) is 2.66. The van der Waals surface area contributed by atoms with Gasteiger partial charge in [-0.2, -0.15) is 0 Å². The van der Waals surface area contributed by atoms with Crippen LogP contribution in [0.4, 0.5) is 0 Å². The third-order valence-corrected chi connectivity index (χ3v) is 3.54. The molecule has 0 aliphatic rings. The number of benzene rings is 2.